The first kappa shape index (κ1) is 19.9. The average Bonchev–Trinajstić information content (AvgIpc) is 2.59. The molecule has 24 heavy (non-hydrogen) atoms. The molecule has 0 spiro atoms. The smallest absolute Gasteiger partial charge is 0.330 e. The van der Waals surface area contributed by atoms with Crippen molar-refractivity contribution in [1.29, 1.82) is 0 Å². The number of rotatable bonds is 8. The molecule has 1 aliphatic rings. The van der Waals surface area contributed by atoms with E-state index in [1.54, 1.807) is 24.3 Å². The highest BCUT2D eigenvalue weighted by atomic mass is 16.5. The summed E-state index contributed by atoms with van der Waals surface area (Å²) in [7, 11) is 0. The van der Waals surface area contributed by atoms with Gasteiger partial charge in [-0.15, -0.1) is 0 Å². The van der Waals surface area contributed by atoms with E-state index in [-0.39, 0.29) is 11.9 Å². The quantitative estimate of drug-likeness (QED) is 0.381. The van der Waals surface area contributed by atoms with Crippen molar-refractivity contribution in [3.63, 3.8) is 0 Å². The monoisotopic (exact) mass is 332 g/mol. The Morgan fingerprint density at radius 1 is 0.750 bits per heavy atom. The van der Waals surface area contributed by atoms with Crippen molar-refractivity contribution in [2.24, 2.45) is 11.8 Å². The van der Waals surface area contributed by atoms with Crippen molar-refractivity contribution in [2.75, 3.05) is 13.2 Å². The van der Waals surface area contributed by atoms with Gasteiger partial charge in [-0.05, 0) is 51.4 Å². The lowest BCUT2D eigenvalue weighted by atomic mass is 9.83. The van der Waals surface area contributed by atoms with Crippen molar-refractivity contribution in [1.82, 2.24) is 0 Å². The van der Waals surface area contributed by atoms with E-state index >= 15 is 0 Å². The Morgan fingerprint density at radius 2 is 1.12 bits per heavy atom. The minimum absolute atomic E-state index is 0.294. The van der Waals surface area contributed by atoms with Crippen LogP contribution in [0.15, 0.2) is 48.6 Å². The van der Waals surface area contributed by atoms with E-state index in [1.165, 1.54) is 12.2 Å². The zero-order valence-corrected chi connectivity index (χ0v) is 14.6. The highest BCUT2D eigenvalue weighted by Crippen LogP contribution is 2.29. The van der Waals surface area contributed by atoms with Gasteiger partial charge in [0.2, 0.25) is 0 Å². The van der Waals surface area contributed by atoms with E-state index in [2.05, 4.69) is 0 Å². The molecule has 1 fully saturated rings. The van der Waals surface area contributed by atoms with Crippen LogP contribution in [0, 0.1) is 11.8 Å². The number of esters is 2. The van der Waals surface area contributed by atoms with Crippen LogP contribution in [0.3, 0.4) is 0 Å². The molecule has 0 bridgehead atoms. The zero-order chi connectivity index (χ0) is 17.6. The molecule has 1 rings (SSSR count). The first-order valence-corrected chi connectivity index (χ1v) is 8.58. The van der Waals surface area contributed by atoms with Gasteiger partial charge in [0.25, 0.3) is 0 Å². The summed E-state index contributed by atoms with van der Waals surface area (Å²) in [4.78, 5) is 23.0. The molecular weight excluding hydrogens is 304 g/mol. The summed E-state index contributed by atoms with van der Waals surface area (Å²) >= 11 is 0. The Balaban J connectivity index is 2.17. The van der Waals surface area contributed by atoms with E-state index in [9.17, 15) is 9.59 Å². The Kier molecular flexibility index (Phi) is 10.3. The standard InChI is InChI=1S/C20H28O4/c1-3-5-7-9-19(21)23-15-17-11-13-18(14-12-17)16-24-20(22)10-8-6-4-2/h3-10,17-18H,11-16H2,1-2H3/b5-3+,6-4+,9-7+,10-8+. The van der Waals surface area contributed by atoms with Gasteiger partial charge < -0.3 is 9.47 Å². The summed E-state index contributed by atoms with van der Waals surface area (Å²) < 4.78 is 10.5. The molecule has 0 N–H and O–H groups in total. The van der Waals surface area contributed by atoms with Gasteiger partial charge in [-0.25, -0.2) is 9.59 Å². The molecule has 132 valence electrons. The Morgan fingerprint density at radius 3 is 1.46 bits per heavy atom. The van der Waals surface area contributed by atoms with Gasteiger partial charge in [-0.3, -0.25) is 0 Å². The second kappa shape index (κ2) is 12.3. The van der Waals surface area contributed by atoms with Crippen LogP contribution in [0.5, 0.6) is 0 Å². The lowest BCUT2D eigenvalue weighted by Crippen LogP contribution is -2.23. The van der Waals surface area contributed by atoms with Gasteiger partial charge in [0, 0.05) is 12.2 Å². The molecule has 1 saturated carbocycles. The van der Waals surface area contributed by atoms with Gasteiger partial charge in [0.15, 0.2) is 0 Å². The van der Waals surface area contributed by atoms with Gasteiger partial charge in [0.1, 0.15) is 0 Å². The third-order valence-electron chi connectivity index (χ3n) is 3.96. The molecular formula is C20H28O4. The summed E-state index contributed by atoms with van der Waals surface area (Å²) in [5.74, 6) is 0.227. The maximum Gasteiger partial charge on any atom is 0.330 e. The summed E-state index contributed by atoms with van der Waals surface area (Å²) in [6.45, 7) is 4.73. The molecule has 4 nitrogen and oxygen atoms in total. The van der Waals surface area contributed by atoms with E-state index in [0.29, 0.717) is 25.0 Å². The number of ether oxygens (including phenoxy) is 2. The summed E-state index contributed by atoms with van der Waals surface area (Å²) in [5.41, 5.74) is 0. The third kappa shape index (κ3) is 9.13. The van der Waals surface area contributed by atoms with Gasteiger partial charge in [-0.2, -0.15) is 0 Å². The predicted octanol–water partition coefficient (Wildman–Crippen LogP) is 4.14. The van der Waals surface area contributed by atoms with Crippen molar-refractivity contribution >= 4 is 11.9 Å². The topological polar surface area (TPSA) is 52.6 Å². The molecule has 0 aromatic carbocycles. The Hall–Kier alpha value is -2.10. The molecule has 0 saturated heterocycles. The van der Waals surface area contributed by atoms with Gasteiger partial charge in [0.05, 0.1) is 13.2 Å². The zero-order valence-electron chi connectivity index (χ0n) is 14.6. The molecule has 0 radical (unpaired) electrons. The van der Waals surface area contributed by atoms with E-state index < -0.39 is 0 Å². The van der Waals surface area contributed by atoms with Crippen LogP contribution >= 0.6 is 0 Å². The highest BCUT2D eigenvalue weighted by molar-refractivity contribution is 5.82. The number of hydrogen-bond donors (Lipinski definition) is 0. The van der Waals surface area contributed by atoms with Crippen molar-refractivity contribution < 1.29 is 19.1 Å². The fourth-order valence-corrected chi connectivity index (χ4v) is 2.55. The Labute approximate surface area is 144 Å². The van der Waals surface area contributed by atoms with E-state index in [4.69, 9.17) is 9.47 Å². The number of carbonyl (C=O) groups is 2. The van der Waals surface area contributed by atoms with Crippen LogP contribution in [-0.2, 0) is 19.1 Å². The lowest BCUT2D eigenvalue weighted by Gasteiger charge is -2.27. The van der Waals surface area contributed by atoms with Gasteiger partial charge in [-0.1, -0.05) is 36.5 Å². The molecule has 1 aliphatic carbocycles. The second-order valence-electron chi connectivity index (χ2n) is 5.92. The minimum atomic E-state index is -0.294. The molecule has 0 unspecified atom stereocenters. The Bertz CT molecular complexity index is 446. The van der Waals surface area contributed by atoms with Crippen LogP contribution < -0.4 is 0 Å². The van der Waals surface area contributed by atoms with Crippen LogP contribution in [0.1, 0.15) is 39.5 Å². The van der Waals surface area contributed by atoms with E-state index in [0.717, 1.165) is 25.7 Å². The minimum Gasteiger partial charge on any atom is -0.462 e. The fourth-order valence-electron chi connectivity index (χ4n) is 2.55. The largest absolute Gasteiger partial charge is 0.462 e. The molecule has 0 aliphatic heterocycles. The first-order valence-electron chi connectivity index (χ1n) is 8.58. The van der Waals surface area contributed by atoms with Crippen LogP contribution in [0.2, 0.25) is 0 Å². The lowest BCUT2D eigenvalue weighted by molar-refractivity contribution is -0.141. The average molecular weight is 332 g/mol. The summed E-state index contributed by atoms with van der Waals surface area (Å²) in [5, 5.41) is 0. The van der Waals surface area contributed by atoms with Gasteiger partial charge >= 0.3 is 11.9 Å². The molecule has 0 aromatic rings. The normalized spacial score (nSPS) is 21.9. The van der Waals surface area contributed by atoms with Crippen LogP contribution in [-0.4, -0.2) is 25.2 Å². The fraction of sp³-hybridized carbons (Fsp3) is 0.500. The first-order chi connectivity index (χ1) is 11.7. The molecule has 0 heterocycles. The number of carbonyl (C=O) groups excluding carboxylic acids is 2. The van der Waals surface area contributed by atoms with E-state index in [1.807, 2.05) is 26.0 Å². The molecule has 0 aromatic heterocycles. The molecule has 0 atom stereocenters. The summed E-state index contributed by atoms with van der Waals surface area (Å²) in [6.07, 6.45) is 17.5. The maximum absolute atomic E-state index is 11.5. The SMILES string of the molecule is C/C=C/C=C/C(=O)OCC1CCC(COC(=O)/C=C/C=C/C)CC1. The van der Waals surface area contributed by atoms with Crippen LogP contribution in [0.25, 0.3) is 0 Å². The highest BCUT2D eigenvalue weighted by Gasteiger charge is 2.22. The third-order valence-corrected chi connectivity index (χ3v) is 3.96. The molecule has 4 heteroatoms. The predicted molar refractivity (Wildman–Crippen MR) is 95.3 cm³/mol. The van der Waals surface area contributed by atoms with Crippen molar-refractivity contribution in [3.8, 4) is 0 Å². The van der Waals surface area contributed by atoms with Crippen molar-refractivity contribution in [3.05, 3.63) is 48.6 Å². The summed E-state index contributed by atoms with van der Waals surface area (Å²) in [6, 6.07) is 0. The number of hydrogen-bond acceptors (Lipinski definition) is 4. The second-order valence-corrected chi connectivity index (χ2v) is 5.92. The molecule has 0 amide bonds. The maximum atomic E-state index is 11.5. The van der Waals surface area contributed by atoms with Crippen LogP contribution in [0.4, 0.5) is 0 Å². The van der Waals surface area contributed by atoms with Crippen molar-refractivity contribution in [2.45, 2.75) is 39.5 Å². The number of allylic oxidation sites excluding steroid dienone is 6.